The Kier molecular flexibility index (Phi) is 4.38. The number of nitrogens with zero attached hydrogens (tertiary/aromatic N) is 3. The summed E-state index contributed by atoms with van der Waals surface area (Å²) in [5.41, 5.74) is 4.79. The molecular weight excluding hydrogens is 308 g/mol. The molecule has 2 heterocycles. The molecule has 1 atom stereocenters. The van der Waals surface area contributed by atoms with Crippen LogP contribution in [0.15, 0.2) is 21.7 Å². The van der Waals surface area contributed by atoms with E-state index in [0.717, 1.165) is 29.0 Å². The SMILES string of the molecule is CCOc1cc2c(cc1/C=N/Nc1oc(C)nc1C#N)OC(C)C2. The topological polar surface area (TPSA) is 92.7 Å². The van der Waals surface area contributed by atoms with E-state index in [9.17, 15) is 0 Å². The zero-order chi connectivity index (χ0) is 17.1. The number of hydrogen-bond donors (Lipinski definition) is 1. The van der Waals surface area contributed by atoms with Crippen molar-refractivity contribution in [3.8, 4) is 17.6 Å². The molecule has 0 aliphatic carbocycles. The van der Waals surface area contributed by atoms with Crippen LogP contribution in [0.2, 0.25) is 0 Å². The molecule has 24 heavy (non-hydrogen) atoms. The van der Waals surface area contributed by atoms with Crippen molar-refractivity contribution in [2.45, 2.75) is 33.3 Å². The third-order valence-corrected chi connectivity index (χ3v) is 3.54. The van der Waals surface area contributed by atoms with E-state index in [0.29, 0.717) is 12.5 Å². The molecule has 0 saturated carbocycles. The van der Waals surface area contributed by atoms with Gasteiger partial charge in [-0.15, -0.1) is 0 Å². The van der Waals surface area contributed by atoms with E-state index in [1.54, 1.807) is 13.1 Å². The van der Waals surface area contributed by atoms with Crippen LogP contribution >= 0.6 is 0 Å². The van der Waals surface area contributed by atoms with Crippen LogP contribution in [-0.4, -0.2) is 23.9 Å². The number of benzene rings is 1. The van der Waals surface area contributed by atoms with Crippen LogP contribution in [0, 0.1) is 18.3 Å². The van der Waals surface area contributed by atoms with E-state index < -0.39 is 0 Å². The van der Waals surface area contributed by atoms with Gasteiger partial charge in [0.25, 0.3) is 5.88 Å². The lowest BCUT2D eigenvalue weighted by molar-refractivity contribution is 0.254. The number of oxazole rings is 1. The quantitative estimate of drug-likeness (QED) is 0.670. The minimum absolute atomic E-state index is 0.162. The second-order valence-electron chi connectivity index (χ2n) is 5.46. The summed E-state index contributed by atoms with van der Waals surface area (Å²) in [5, 5.41) is 13.1. The Balaban J connectivity index is 1.83. The zero-order valence-corrected chi connectivity index (χ0v) is 13.8. The number of hydrogen-bond acceptors (Lipinski definition) is 7. The highest BCUT2D eigenvalue weighted by molar-refractivity contribution is 5.85. The zero-order valence-electron chi connectivity index (χ0n) is 13.8. The number of rotatable bonds is 5. The predicted molar refractivity (Wildman–Crippen MR) is 88.6 cm³/mol. The molecule has 0 spiro atoms. The standard InChI is InChI=1S/C17H18N4O3/c1-4-22-15-6-12-5-10(2)23-16(12)7-13(15)9-19-21-17-14(8-18)20-11(3)24-17/h6-7,9-10,21H,4-5H2,1-3H3/b19-9+. The van der Waals surface area contributed by atoms with Crippen LogP contribution < -0.4 is 14.9 Å². The summed E-state index contributed by atoms with van der Waals surface area (Å²) in [5.74, 6) is 2.21. The predicted octanol–water partition coefficient (Wildman–Crippen LogP) is 3.02. The molecule has 2 aromatic rings. The Hall–Kier alpha value is -3.01. The smallest absolute Gasteiger partial charge is 0.252 e. The average Bonchev–Trinajstić information content (AvgIpc) is 3.08. The number of ether oxygens (including phenoxy) is 2. The first kappa shape index (κ1) is 15.9. The van der Waals surface area contributed by atoms with Crippen LogP contribution in [0.3, 0.4) is 0 Å². The number of anilines is 1. The molecule has 1 N–H and O–H groups in total. The van der Waals surface area contributed by atoms with Gasteiger partial charge in [0.05, 0.1) is 12.8 Å². The van der Waals surface area contributed by atoms with Gasteiger partial charge < -0.3 is 13.9 Å². The van der Waals surface area contributed by atoms with Crippen molar-refractivity contribution in [2.75, 3.05) is 12.0 Å². The Morgan fingerprint density at radius 3 is 3.12 bits per heavy atom. The van der Waals surface area contributed by atoms with Crippen LogP contribution in [0.1, 0.15) is 36.6 Å². The summed E-state index contributed by atoms with van der Waals surface area (Å²) >= 11 is 0. The number of hydrazone groups is 1. The lowest BCUT2D eigenvalue weighted by Crippen LogP contribution is -2.05. The van der Waals surface area contributed by atoms with Gasteiger partial charge in [-0.1, -0.05) is 0 Å². The molecule has 7 nitrogen and oxygen atoms in total. The molecule has 1 aromatic carbocycles. The third kappa shape index (κ3) is 3.18. The molecule has 1 aromatic heterocycles. The van der Waals surface area contributed by atoms with Crippen molar-refractivity contribution in [3.05, 3.63) is 34.8 Å². The number of aromatic nitrogens is 1. The first-order valence-corrected chi connectivity index (χ1v) is 7.73. The van der Waals surface area contributed by atoms with Crippen molar-refractivity contribution < 1.29 is 13.9 Å². The van der Waals surface area contributed by atoms with Gasteiger partial charge in [-0.25, -0.2) is 10.4 Å². The van der Waals surface area contributed by atoms with Gasteiger partial charge >= 0.3 is 0 Å². The van der Waals surface area contributed by atoms with Crippen LogP contribution in [0.5, 0.6) is 11.5 Å². The fourth-order valence-corrected chi connectivity index (χ4v) is 2.58. The summed E-state index contributed by atoms with van der Waals surface area (Å²) in [6.07, 6.45) is 2.64. The van der Waals surface area contributed by atoms with Crippen molar-refractivity contribution in [1.29, 1.82) is 5.26 Å². The Morgan fingerprint density at radius 1 is 1.54 bits per heavy atom. The molecule has 0 amide bonds. The first-order valence-electron chi connectivity index (χ1n) is 7.73. The number of nitriles is 1. The number of aryl methyl sites for hydroxylation is 1. The summed E-state index contributed by atoms with van der Waals surface area (Å²) in [6, 6.07) is 5.85. The Morgan fingerprint density at radius 2 is 2.38 bits per heavy atom. The lowest BCUT2D eigenvalue weighted by Gasteiger charge is -2.09. The van der Waals surface area contributed by atoms with E-state index in [-0.39, 0.29) is 17.7 Å². The van der Waals surface area contributed by atoms with E-state index in [1.165, 1.54) is 0 Å². The van der Waals surface area contributed by atoms with E-state index >= 15 is 0 Å². The molecule has 7 heteroatoms. The third-order valence-electron chi connectivity index (χ3n) is 3.54. The second kappa shape index (κ2) is 6.62. The van der Waals surface area contributed by atoms with Gasteiger partial charge in [0, 0.05) is 24.5 Å². The number of fused-ring (bicyclic) bond motifs is 1. The lowest BCUT2D eigenvalue weighted by atomic mass is 10.1. The Bertz CT molecular complexity index is 820. The normalized spacial score (nSPS) is 15.8. The van der Waals surface area contributed by atoms with Crippen LogP contribution in [0.4, 0.5) is 5.88 Å². The number of nitrogens with one attached hydrogen (secondary N) is 1. The molecular formula is C17H18N4O3. The fraction of sp³-hybridized carbons (Fsp3) is 0.353. The molecule has 3 rings (SSSR count). The van der Waals surface area contributed by atoms with Gasteiger partial charge in [0.1, 0.15) is 23.7 Å². The first-order chi connectivity index (χ1) is 11.6. The molecule has 1 unspecified atom stereocenters. The highest BCUT2D eigenvalue weighted by atomic mass is 16.5. The van der Waals surface area contributed by atoms with Gasteiger partial charge in [0.15, 0.2) is 5.89 Å². The van der Waals surface area contributed by atoms with Crippen LogP contribution in [-0.2, 0) is 6.42 Å². The maximum Gasteiger partial charge on any atom is 0.252 e. The molecule has 0 fully saturated rings. The van der Waals surface area contributed by atoms with Gasteiger partial charge in [-0.2, -0.15) is 10.4 Å². The van der Waals surface area contributed by atoms with Gasteiger partial charge in [0.2, 0.25) is 5.69 Å². The molecule has 0 bridgehead atoms. The minimum atomic E-state index is 0.162. The van der Waals surface area contributed by atoms with Crippen molar-refractivity contribution in [3.63, 3.8) is 0 Å². The molecule has 0 radical (unpaired) electrons. The minimum Gasteiger partial charge on any atom is -0.493 e. The summed E-state index contributed by atoms with van der Waals surface area (Å²) in [4.78, 5) is 3.95. The van der Waals surface area contributed by atoms with E-state index in [4.69, 9.17) is 19.2 Å². The van der Waals surface area contributed by atoms with Gasteiger partial charge in [-0.3, -0.25) is 0 Å². The van der Waals surface area contributed by atoms with Crippen molar-refractivity contribution in [2.24, 2.45) is 5.10 Å². The molecule has 1 aliphatic heterocycles. The molecule has 0 saturated heterocycles. The average molecular weight is 326 g/mol. The van der Waals surface area contributed by atoms with E-state index in [1.807, 2.05) is 32.0 Å². The van der Waals surface area contributed by atoms with Crippen molar-refractivity contribution >= 4 is 12.1 Å². The highest BCUT2D eigenvalue weighted by Crippen LogP contribution is 2.34. The maximum absolute atomic E-state index is 8.99. The molecule has 124 valence electrons. The second-order valence-corrected chi connectivity index (χ2v) is 5.46. The Labute approximate surface area is 139 Å². The van der Waals surface area contributed by atoms with Gasteiger partial charge in [-0.05, 0) is 26.0 Å². The maximum atomic E-state index is 8.99. The summed E-state index contributed by atoms with van der Waals surface area (Å²) in [7, 11) is 0. The molecule has 1 aliphatic rings. The van der Waals surface area contributed by atoms with Crippen molar-refractivity contribution in [1.82, 2.24) is 4.98 Å². The summed E-state index contributed by atoms with van der Waals surface area (Å²) in [6.45, 7) is 6.19. The highest BCUT2D eigenvalue weighted by Gasteiger charge is 2.21. The van der Waals surface area contributed by atoms with E-state index in [2.05, 4.69) is 15.5 Å². The fourth-order valence-electron chi connectivity index (χ4n) is 2.58. The monoisotopic (exact) mass is 326 g/mol. The summed E-state index contributed by atoms with van der Waals surface area (Å²) < 4.78 is 16.8. The van der Waals surface area contributed by atoms with Crippen LogP contribution in [0.25, 0.3) is 0 Å². The largest absolute Gasteiger partial charge is 0.493 e.